The number of alkyl halides is 3. The van der Waals surface area contributed by atoms with Gasteiger partial charge < -0.3 is 21.1 Å². The smallest absolute Gasteiger partial charge is 0.235 e. The quantitative estimate of drug-likeness (QED) is 0.315. The molecule has 0 saturated heterocycles. The topological polar surface area (TPSA) is 90.5 Å². The van der Waals surface area contributed by atoms with E-state index in [1.807, 2.05) is 0 Å². The van der Waals surface area contributed by atoms with Gasteiger partial charge in [0.1, 0.15) is 6.23 Å². The summed E-state index contributed by atoms with van der Waals surface area (Å²) in [4.78, 5) is 22.9. The van der Waals surface area contributed by atoms with Crippen molar-refractivity contribution in [3.8, 4) is 0 Å². The van der Waals surface area contributed by atoms with E-state index in [1.165, 1.54) is 0 Å². The average molecular weight is 490 g/mol. The first-order chi connectivity index (χ1) is 9.98. The third-order valence-electron chi connectivity index (χ3n) is 2.52. The lowest BCUT2D eigenvalue weighted by Gasteiger charge is -2.25. The zero-order chi connectivity index (χ0) is 15.8. The van der Waals surface area contributed by atoms with Gasteiger partial charge in [-0.2, -0.15) is 0 Å². The van der Waals surface area contributed by atoms with Crippen LogP contribution in [0.5, 0.6) is 0 Å². The highest BCUT2D eigenvalue weighted by Crippen LogP contribution is 2.15. The Morgan fingerprint density at radius 3 is 2.52 bits per heavy atom. The number of aliphatic hydroxyl groups excluding tert-OH is 1. The second-order valence-electron chi connectivity index (χ2n) is 4.30. The molecule has 4 N–H and O–H groups in total. The molecule has 0 fully saturated rings. The first kappa shape index (κ1) is 18.7. The molecule has 2 atom stereocenters. The lowest BCUT2D eigenvalue weighted by atomic mass is 10.0. The Labute approximate surface area is 148 Å². The largest absolute Gasteiger partial charge is 0.373 e. The van der Waals surface area contributed by atoms with Crippen molar-refractivity contribution >= 4 is 59.6 Å². The number of allylic oxidation sites excluding steroid dienone is 1. The maximum absolute atomic E-state index is 11.5. The SMILES string of the molecule is O=C(CBr)NC1=CC(NC(=O)CBr)CC(NC(O)CBr)=C1. The molecule has 1 aliphatic carbocycles. The molecule has 0 aliphatic heterocycles. The molecule has 0 radical (unpaired) electrons. The monoisotopic (exact) mass is 487 g/mol. The summed E-state index contributed by atoms with van der Waals surface area (Å²) in [6, 6.07) is -0.254. The third kappa shape index (κ3) is 6.94. The minimum Gasteiger partial charge on any atom is -0.373 e. The summed E-state index contributed by atoms with van der Waals surface area (Å²) < 4.78 is 0. The number of rotatable bonds is 7. The highest BCUT2D eigenvalue weighted by molar-refractivity contribution is 9.09. The van der Waals surface area contributed by atoms with Crippen molar-refractivity contribution in [2.24, 2.45) is 0 Å². The van der Waals surface area contributed by atoms with Crippen LogP contribution in [0.4, 0.5) is 0 Å². The highest BCUT2D eigenvalue weighted by atomic mass is 79.9. The first-order valence-electron chi connectivity index (χ1n) is 6.12. The van der Waals surface area contributed by atoms with Gasteiger partial charge in [0.05, 0.1) is 16.7 Å². The van der Waals surface area contributed by atoms with E-state index >= 15 is 0 Å². The van der Waals surface area contributed by atoms with Crippen molar-refractivity contribution in [1.29, 1.82) is 0 Å². The Hall–Kier alpha value is -0.380. The molecule has 0 heterocycles. The second-order valence-corrected chi connectivity index (χ2v) is 6.07. The lowest BCUT2D eigenvalue weighted by molar-refractivity contribution is -0.119. The van der Waals surface area contributed by atoms with Crippen LogP contribution >= 0.6 is 47.8 Å². The third-order valence-corrected chi connectivity index (χ3v) is 4.15. The molecule has 6 nitrogen and oxygen atoms in total. The lowest BCUT2D eigenvalue weighted by Crippen LogP contribution is -2.40. The number of nitrogens with one attached hydrogen (secondary N) is 3. The van der Waals surface area contributed by atoms with Crippen molar-refractivity contribution in [3.63, 3.8) is 0 Å². The Balaban J connectivity index is 2.82. The summed E-state index contributed by atoms with van der Waals surface area (Å²) in [5, 5.41) is 18.8. The molecular formula is C12H16Br3N3O3. The molecule has 2 unspecified atom stereocenters. The van der Waals surface area contributed by atoms with Crippen LogP contribution in [0, 0.1) is 0 Å². The molecule has 2 amide bonds. The predicted molar refractivity (Wildman–Crippen MR) is 91.4 cm³/mol. The molecule has 0 aromatic heterocycles. The van der Waals surface area contributed by atoms with E-state index in [0.29, 0.717) is 17.4 Å². The Bertz CT molecular complexity index is 454. The minimum absolute atomic E-state index is 0.148. The molecule has 1 rings (SSSR count). The molecule has 0 aromatic carbocycles. The molecule has 0 spiro atoms. The summed E-state index contributed by atoms with van der Waals surface area (Å²) in [5.74, 6) is -0.338. The van der Waals surface area contributed by atoms with Gasteiger partial charge in [0.2, 0.25) is 11.8 Å². The van der Waals surface area contributed by atoms with Crippen LogP contribution in [0.15, 0.2) is 23.5 Å². The molecular weight excluding hydrogens is 474 g/mol. The van der Waals surface area contributed by atoms with Crippen molar-refractivity contribution in [2.45, 2.75) is 18.7 Å². The van der Waals surface area contributed by atoms with Crippen LogP contribution < -0.4 is 16.0 Å². The predicted octanol–water partition coefficient (Wildman–Crippen LogP) is 0.852. The van der Waals surface area contributed by atoms with Gasteiger partial charge in [-0.15, -0.1) is 0 Å². The van der Waals surface area contributed by atoms with E-state index in [4.69, 9.17) is 0 Å². The molecule has 0 saturated carbocycles. The van der Waals surface area contributed by atoms with Crippen molar-refractivity contribution in [2.75, 3.05) is 16.0 Å². The fraction of sp³-hybridized carbons (Fsp3) is 0.500. The fourth-order valence-electron chi connectivity index (χ4n) is 1.77. The van der Waals surface area contributed by atoms with Crippen LogP contribution in [0.1, 0.15) is 6.42 Å². The minimum atomic E-state index is -0.741. The number of halogens is 3. The fourth-order valence-corrected chi connectivity index (χ4v) is 2.23. The number of carbonyl (C=O) groups excluding carboxylic acids is 2. The molecule has 21 heavy (non-hydrogen) atoms. The van der Waals surface area contributed by atoms with Crippen LogP contribution in [0.25, 0.3) is 0 Å². The van der Waals surface area contributed by atoms with Crippen molar-refractivity contribution < 1.29 is 14.7 Å². The number of hydrogen-bond acceptors (Lipinski definition) is 4. The first-order valence-corrected chi connectivity index (χ1v) is 9.49. The number of aliphatic hydroxyl groups is 1. The number of carbonyl (C=O) groups is 2. The van der Waals surface area contributed by atoms with E-state index in [1.54, 1.807) is 12.2 Å². The van der Waals surface area contributed by atoms with Crippen LogP contribution in [-0.2, 0) is 9.59 Å². The van der Waals surface area contributed by atoms with Crippen LogP contribution in [0.3, 0.4) is 0 Å². The van der Waals surface area contributed by atoms with E-state index in [2.05, 4.69) is 63.7 Å². The summed E-state index contributed by atoms with van der Waals surface area (Å²) in [6.45, 7) is 0. The van der Waals surface area contributed by atoms with Gasteiger partial charge in [-0.1, -0.05) is 47.8 Å². The van der Waals surface area contributed by atoms with Crippen molar-refractivity contribution in [1.82, 2.24) is 16.0 Å². The maximum Gasteiger partial charge on any atom is 0.235 e. The molecule has 1 aliphatic rings. The van der Waals surface area contributed by atoms with Crippen LogP contribution in [0.2, 0.25) is 0 Å². The summed E-state index contributed by atoms with van der Waals surface area (Å²) in [7, 11) is 0. The molecule has 118 valence electrons. The van der Waals surface area contributed by atoms with Gasteiger partial charge in [-0.25, -0.2) is 0 Å². The summed E-state index contributed by atoms with van der Waals surface area (Å²) >= 11 is 9.34. The van der Waals surface area contributed by atoms with Gasteiger partial charge in [-0.3, -0.25) is 9.59 Å². The highest BCUT2D eigenvalue weighted by Gasteiger charge is 2.19. The normalized spacial score (nSPS) is 19.1. The van der Waals surface area contributed by atoms with Crippen LogP contribution in [-0.4, -0.2) is 45.2 Å². The number of hydrogen-bond donors (Lipinski definition) is 4. The van der Waals surface area contributed by atoms with E-state index in [0.717, 1.165) is 5.70 Å². The standard InChI is InChI=1S/C12H16Br3N3O3/c13-4-10(19)16-7-1-8(17-11(20)5-14)3-9(2-7)18-12(21)6-15/h1-2,8,12,18,21H,3-6H2,(H,16,19)(H,17,20). The maximum atomic E-state index is 11.5. The Morgan fingerprint density at radius 2 is 1.95 bits per heavy atom. The van der Waals surface area contributed by atoms with Gasteiger partial charge in [-0.05, 0) is 12.2 Å². The Morgan fingerprint density at radius 1 is 1.29 bits per heavy atom. The average Bonchev–Trinajstić information content (AvgIpc) is 2.46. The van der Waals surface area contributed by atoms with E-state index < -0.39 is 6.23 Å². The van der Waals surface area contributed by atoms with E-state index in [-0.39, 0.29) is 28.5 Å². The number of amides is 2. The summed E-state index contributed by atoms with van der Waals surface area (Å²) in [6.07, 6.45) is 3.28. The zero-order valence-corrected chi connectivity index (χ0v) is 15.8. The van der Waals surface area contributed by atoms with Gasteiger partial charge in [0.15, 0.2) is 0 Å². The summed E-state index contributed by atoms with van der Waals surface area (Å²) in [5.41, 5.74) is 1.31. The van der Waals surface area contributed by atoms with Gasteiger partial charge in [0.25, 0.3) is 0 Å². The van der Waals surface area contributed by atoms with E-state index in [9.17, 15) is 14.7 Å². The molecule has 9 heteroatoms. The molecule has 0 bridgehead atoms. The molecule has 0 aromatic rings. The zero-order valence-electron chi connectivity index (χ0n) is 11.0. The van der Waals surface area contributed by atoms with Crippen molar-refractivity contribution in [3.05, 3.63) is 23.5 Å². The Kier molecular flexibility index (Phi) is 8.53. The van der Waals surface area contributed by atoms with Gasteiger partial charge >= 0.3 is 0 Å². The second kappa shape index (κ2) is 9.60. The van der Waals surface area contributed by atoms with Gasteiger partial charge in [0, 0.05) is 23.1 Å².